The second-order valence-corrected chi connectivity index (χ2v) is 7.09. The van der Waals surface area contributed by atoms with Crippen molar-refractivity contribution in [3.05, 3.63) is 64.5 Å². The third-order valence-corrected chi connectivity index (χ3v) is 5.06. The van der Waals surface area contributed by atoms with E-state index in [4.69, 9.17) is 9.68 Å². The number of sulfonamides is 1. The molecule has 7 nitrogen and oxygen atoms in total. The third-order valence-electron chi connectivity index (χ3n) is 3.70. The number of nitrogens with zero attached hydrogens (tertiary/aromatic N) is 1. The van der Waals surface area contributed by atoms with Crippen LogP contribution in [0.1, 0.15) is 12.5 Å². The first kappa shape index (κ1) is 17.5. The van der Waals surface area contributed by atoms with Crippen molar-refractivity contribution >= 4 is 32.4 Å². The van der Waals surface area contributed by atoms with Crippen LogP contribution in [0.5, 0.6) is 0 Å². The van der Waals surface area contributed by atoms with E-state index < -0.39 is 15.6 Å². The van der Waals surface area contributed by atoms with Crippen molar-refractivity contribution in [2.75, 3.05) is 16.6 Å². The Morgan fingerprint density at radius 2 is 1.77 bits per heavy atom. The van der Waals surface area contributed by atoms with Crippen LogP contribution in [0.3, 0.4) is 0 Å². The van der Waals surface area contributed by atoms with E-state index >= 15 is 0 Å². The Morgan fingerprint density at radius 1 is 1.08 bits per heavy atom. The van der Waals surface area contributed by atoms with Crippen LogP contribution in [0.25, 0.3) is 11.0 Å². The zero-order valence-corrected chi connectivity index (χ0v) is 14.6. The number of benzene rings is 2. The molecule has 0 saturated heterocycles. The highest BCUT2D eigenvalue weighted by Crippen LogP contribution is 2.29. The van der Waals surface area contributed by atoms with Gasteiger partial charge >= 0.3 is 5.63 Å². The van der Waals surface area contributed by atoms with Crippen molar-refractivity contribution < 1.29 is 12.8 Å². The molecule has 0 aliphatic rings. The molecule has 0 spiro atoms. The summed E-state index contributed by atoms with van der Waals surface area (Å²) in [5, 5.41) is 12.4. The number of anilines is 2. The smallest absolute Gasteiger partial charge is 0.363 e. The average molecular weight is 369 g/mol. The molecule has 0 fully saturated rings. The van der Waals surface area contributed by atoms with Gasteiger partial charge in [-0.05, 0) is 43.3 Å². The quantitative estimate of drug-likeness (QED) is 0.669. The monoisotopic (exact) mass is 369 g/mol. The minimum Gasteiger partial charge on any atom is -0.421 e. The molecule has 26 heavy (non-hydrogen) atoms. The Labute approximate surface area is 149 Å². The summed E-state index contributed by atoms with van der Waals surface area (Å²) in [6.45, 7) is 2.32. The van der Waals surface area contributed by atoms with Gasteiger partial charge in [-0.1, -0.05) is 12.1 Å². The molecule has 132 valence electrons. The van der Waals surface area contributed by atoms with Crippen LogP contribution in [-0.2, 0) is 10.0 Å². The molecule has 0 aliphatic carbocycles. The van der Waals surface area contributed by atoms with Crippen molar-refractivity contribution in [3.63, 3.8) is 0 Å². The molecule has 3 aromatic rings. The summed E-state index contributed by atoms with van der Waals surface area (Å²) in [4.78, 5) is 12.3. The maximum absolute atomic E-state index is 12.6. The predicted molar refractivity (Wildman–Crippen MR) is 98.6 cm³/mol. The third kappa shape index (κ3) is 3.25. The fourth-order valence-corrected chi connectivity index (χ4v) is 3.57. The fraction of sp³-hybridized carbons (Fsp3) is 0.111. The first-order valence-corrected chi connectivity index (χ1v) is 9.27. The maximum atomic E-state index is 12.6. The summed E-state index contributed by atoms with van der Waals surface area (Å²) in [6, 6.07) is 14.2. The summed E-state index contributed by atoms with van der Waals surface area (Å²) < 4.78 is 32.8. The van der Waals surface area contributed by atoms with Gasteiger partial charge in [0.25, 0.3) is 10.0 Å². The fourth-order valence-electron chi connectivity index (χ4n) is 2.50. The topological polar surface area (TPSA) is 112 Å². The van der Waals surface area contributed by atoms with Crippen LogP contribution < -0.4 is 15.7 Å². The molecule has 0 atom stereocenters. The van der Waals surface area contributed by atoms with Gasteiger partial charge in [0.15, 0.2) is 5.69 Å². The molecule has 0 aliphatic heterocycles. The van der Waals surface area contributed by atoms with E-state index in [1.165, 1.54) is 24.3 Å². The van der Waals surface area contributed by atoms with E-state index in [0.29, 0.717) is 28.8 Å². The molecule has 1 heterocycles. The van der Waals surface area contributed by atoms with Crippen LogP contribution >= 0.6 is 0 Å². The van der Waals surface area contributed by atoms with Gasteiger partial charge in [-0.3, -0.25) is 4.72 Å². The Hall–Kier alpha value is -3.31. The highest BCUT2D eigenvalue weighted by Gasteiger charge is 2.21. The van der Waals surface area contributed by atoms with E-state index in [0.717, 1.165) is 0 Å². The van der Waals surface area contributed by atoms with E-state index in [1.54, 1.807) is 24.3 Å². The highest BCUT2D eigenvalue weighted by atomic mass is 32.2. The minimum atomic E-state index is -4.03. The van der Waals surface area contributed by atoms with Gasteiger partial charge in [0.1, 0.15) is 5.58 Å². The zero-order valence-electron chi connectivity index (χ0n) is 13.8. The van der Waals surface area contributed by atoms with E-state index in [9.17, 15) is 13.2 Å². The summed E-state index contributed by atoms with van der Waals surface area (Å²) in [6.07, 6.45) is 0. The van der Waals surface area contributed by atoms with Crippen molar-refractivity contribution in [2.24, 2.45) is 0 Å². The van der Waals surface area contributed by atoms with Gasteiger partial charge in [0, 0.05) is 11.9 Å². The normalized spacial score (nSPS) is 11.1. The Morgan fingerprint density at radius 3 is 2.42 bits per heavy atom. The second-order valence-electron chi connectivity index (χ2n) is 5.41. The number of fused-ring (bicyclic) bond motifs is 1. The number of para-hydroxylation sites is 1. The standard InChI is InChI=1S/C18H15N3O4S/c1-2-20-16-14-5-3-4-6-15(14)25-18(22)17(16)21-26(23,24)13-9-7-12(11-19)8-10-13/h3-10,20-21H,2H2,1H3. The summed E-state index contributed by atoms with van der Waals surface area (Å²) >= 11 is 0. The largest absolute Gasteiger partial charge is 0.421 e. The Bertz CT molecular complexity index is 1160. The van der Waals surface area contributed by atoms with Gasteiger partial charge in [-0.15, -0.1) is 0 Å². The summed E-state index contributed by atoms with van der Waals surface area (Å²) in [7, 11) is -4.03. The average Bonchev–Trinajstić information content (AvgIpc) is 2.64. The molecule has 3 rings (SSSR count). The number of hydrogen-bond donors (Lipinski definition) is 2. The molecular weight excluding hydrogens is 354 g/mol. The van der Waals surface area contributed by atoms with Crippen LogP contribution in [0, 0.1) is 11.3 Å². The van der Waals surface area contributed by atoms with Crippen molar-refractivity contribution in [3.8, 4) is 6.07 Å². The lowest BCUT2D eigenvalue weighted by Gasteiger charge is -2.14. The number of rotatable bonds is 5. The van der Waals surface area contributed by atoms with Crippen molar-refractivity contribution in [1.29, 1.82) is 5.26 Å². The van der Waals surface area contributed by atoms with Gasteiger partial charge in [-0.2, -0.15) is 5.26 Å². The highest BCUT2D eigenvalue weighted by molar-refractivity contribution is 7.92. The molecule has 0 amide bonds. The Kier molecular flexibility index (Phi) is 4.65. The van der Waals surface area contributed by atoms with Gasteiger partial charge in [0.05, 0.1) is 22.2 Å². The molecule has 0 bridgehead atoms. The molecule has 0 radical (unpaired) electrons. The molecule has 8 heteroatoms. The lowest BCUT2D eigenvalue weighted by atomic mass is 10.2. The second kappa shape index (κ2) is 6.90. The predicted octanol–water partition coefficient (Wildman–Crippen LogP) is 2.90. The molecule has 0 unspecified atom stereocenters. The minimum absolute atomic E-state index is 0.0634. The van der Waals surface area contributed by atoms with E-state index in [1.807, 2.05) is 13.0 Å². The number of nitrogens with one attached hydrogen (secondary N) is 2. The SMILES string of the molecule is CCNc1c(NS(=O)(=O)c2ccc(C#N)cc2)c(=O)oc2ccccc12. The lowest BCUT2D eigenvalue weighted by Crippen LogP contribution is -2.20. The first-order chi connectivity index (χ1) is 12.5. The van der Waals surface area contributed by atoms with Gasteiger partial charge in [-0.25, -0.2) is 13.2 Å². The van der Waals surface area contributed by atoms with E-state index in [-0.39, 0.29) is 10.6 Å². The number of nitriles is 1. The molecule has 2 aromatic carbocycles. The van der Waals surface area contributed by atoms with Crippen LogP contribution in [0.2, 0.25) is 0 Å². The van der Waals surface area contributed by atoms with Crippen molar-refractivity contribution in [1.82, 2.24) is 0 Å². The lowest BCUT2D eigenvalue weighted by molar-refractivity contribution is 0.563. The van der Waals surface area contributed by atoms with E-state index in [2.05, 4.69) is 10.0 Å². The first-order valence-electron chi connectivity index (χ1n) is 7.79. The molecule has 2 N–H and O–H groups in total. The maximum Gasteiger partial charge on any atom is 0.363 e. The van der Waals surface area contributed by atoms with Gasteiger partial charge < -0.3 is 9.73 Å². The van der Waals surface area contributed by atoms with Crippen LogP contribution in [0.15, 0.2) is 62.6 Å². The summed E-state index contributed by atoms with van der Waals surface area (Å²) in [5.41, 5.74) is 0.0700. The van der Waals surface area contributed by atoms with Crippen molar-refractivity contribution in [2.45, 2.75) is 11.8 Å². The van der Waals surface area contributed by atoms with Crippen LogP contribution in [0.4, 0.5) is 11.4 Å². The molecular formula is C18H15N3O4S. The molecule has 1 aromatic heterocycles. The van der Waals surface area contributed by atoms with Gasteiger partial charge in [0.2, 0.25) is 0 Å². The molecule has 0 saturated carbocycles. The Balaban J connectivity index is 2.12. The summed E-state index contributed by atoms with van der Waals surface area (Å²) in [5.74, 6) is 0. The van der Waals surface area contributed by atoms with Crippen LogP contribution in [-0.4, -0.2) is 15.0 Å². The zero-order chi connectivity index (χ0) is 18.7. The number of hydrogen-bond acceptors (Lipinski definition) is 6.